The number of fused-ring (bicyclic) bond motifs is 1. The molecule has 2 aliphatic carbocycles. The molecule has 0 bridgehead atoms. The molecular weight excluding hydrogens is 102 g/mol. The van der Waals surface area contributed by atoms with E-state index in [1.165, 1.54) is 0 Å². The zero-order chi connectivity index (χ0) is 5.78. The normalized spacial score (nSPS) is 60.8. The van der Waals surface area contributed by atoms with Crippen LogP contribution in [0.15, 0.2) is 0 Å². The molecule has 0 saturated heterocycles. The van der Waals surface area contributed by atoms with Gasteiger partial charge in [-0.3, -0.25) is 0 Å². The van der Waals surface area contributed by atoms with Gasteiger partial charge in [-0.1, -0.05) is 0 Å². The van der Waals surface area contributed by atoms with E-state index in [4.69, 9.17) is 5.73 Å². The number of hydrogen-bond acceptors (Lipinski definition) is 2. The first-order valence-electron chi connectivity index (χ1n) is 3.21. The Labute approximate surface area is 48.7 Å². The Hall–Kier alpha value is -0.0800. The number of rotatable bonds is 0. The van der Waals surface area contributed by atoms with Crippen LogP contribution in [0.2, 0.25) is 0 Å². The average molecular weight is 113 g/mol. The molecule has 3 unspecified atom stereocenters. The summed E-state index contributed by atoms with van der Waals surface area (Å²) in [7, 11) is 0. The highest BCUT2D eigenvalue weighted by molar-refractivity contribution is 5.14. The summed E-state index contributed by atoms with van der Waals surface area (Å²) in [6, 6.07) is 0.0903. The van der Waals surface area contributed by atoms with Crippen LogP contribution in [-0.4, -0.2) is 16.7 Å². The van der Waals surface area contributed by atoms with Gasteiger partial charge >= 0.3 is 0 Å². The molecule has 0 amide bonds. The first-order chi connectivity index (χ1) is 3.73. The van der Waals surface area contributed by atoms with Gasteiger partial charge in [0.15, 0.2) is 0 Å². The monoisotopic (exact) mass is 113 g/mol. The predicted octanol–water partition coefficient (Wildman–Crippen LogP) is -0.142. The van der Waals surface area contributed by atoms with E-state index in [9.17, 15) is 5.11 Å². The molecule has 2 saturated carbocycles. The largest absolute Gasteiger partial charge is 0.388 e. The van der Waals surface area contributed by atoms with E-state index in [1.807, 2.05) is 0 Å². The SMILES string of the molecule is NC1CCC2CC12O. The Morgan fingerprint density at radius 3 is 2.38 bits per heavy atom. The van der Waals surface area contributed by atoms with E-state index in [1.54, 1.807) is 0 Å². The summed E-state index contributed by atoms with van der Waals surface area (Å²) in [5.41, 5.74) is 5.20. The van der Waals surface area contributed by atoms with E-state index in [0.29, 0.717) is 5.92 Å². The van der Waals surface area contributed by atoms with Crippen LogP contribution in [-0.2, 0) is 0 Å². The topological polar surface area (TPSA) is 46.2 Å². The fourth-order valence-corrected chi connectivity index (χ4v) is 1.77. The van der Waals surface area contributed by atoms with Crippen LogP contribution < -0.4 is 5.73 Å². The van der Waals surface area contributed by atoms with Gasteiger partial charge < -0.3 is 10.8 Å². The first kappa shape index (κ1) is 4.77. The van der Waals surface area contributed by atoms with Crippen LogP contribution in [0, 0.1) is 5.92 Å². The third-order valence-corrected chi connectivity index (χ3v) is 2.59. The van der Waals surface area contributed by atoms with Crippen LogP contribution in [0.25, 0.3) is 0 Å². The van der Waals surface area contributed by atoms with Crippen molar-refractivity contribution >= 4 is 0 Å². The van der Waals surface area contributed by atoms with Crippen molar-refractivity contribution in [2.24, 2.45) is 11.7 Å². The molecule has 0 radical (unpaired) electrons. The van der Waals surface area contributed by atoms with E-state index >= 15 is 0 Å². The lowest BCUT2D eigenvalue weighted by Gasteiger charge is -2.10. The minimum atomic E-state index is -0.403. The predicted molar refractivity (Wildman–Crippen MR) is 30.3 cm³/mol. The molecule has 0 aromatic heterocycles. The second-order valence-corrected chi connectivity index (χ2v) is 3.08. The summed E-state index contributed by atoms with van der Waals surface area (Å²) in [5.74, 6) is 0.567. The third kappa shape index (κ3) is 0.361. The van der Waals surface area contributed by atoms with Gasteiger partial charge in [0.05, 0.1) is 5.60 Å². The summed E-state index contributed by atoms with van der Waals surface area (Å²) in [6.07, 6.45) is 3.15. The van der Waals surface area contributed by atoms with Crippen molar-refractivity contribution < 1.29 is 5.11 Å². The Kier molecular flexibility index (Phi) is 0.649. The molecular formula is C6H11NO. The lowest BCUT2D eigenvalue weighted by Crippen LogP contribution is -2.33. The summed E-state index contributed by atoms with van der Waals surface area (Å²) in [5, 5.41) is 9.41. The molecule has 2 aliphatic rings. The quantitative estimate of drug-likeness (QED) is 0.459. The minimum Gasteiger partial charge on any atom is -0.388 e. The second-order valence-electron chi connectivity index (χ2n) is 3.08. The summed E-state index contributed by atoms with van der Waals surface area (Å²) in [6.45, 7) is 0. The van der Waals surface area contributed by atoms with Crippen molar-refractivity contribution in [3.8, 4) is 0 Å². The van der Waals surface area contributed by atoms with Gasteiger partial charge in [-0.15, -0.1) is 0 Å². The Bertz CT molecular complexity index is 124. The molecule has 0 heterocycles. The van der Waals surface area contributed by atoms with Crippen molar-refractivity contribution in [1.82, 2.24) is 0 Å². The highest BCUT2D eigenvalue weighted by Crippen LogP contribution is 2.54. The Balaban J connectivity index is 2.19. The van der Waals surface area contributed by atoms with Gasteiger partial charge in [0.1, 0.15) is 0 Å². The standard InChI is InChI=1S/C6H11NO/c7-5-2-1-4-3-6(4,5)8/h4-5,8H,1-3,7H2. The van der Waals surface area contributed by atoms with Gasteiger partial charge in [-0.05, 0) is 25.2 Å². The summed E-state index contributed by atoms with van der Waals surface area (Å²) >= 11 is 0. The van der Waals surface area contributed by atoms with Crippen LogP contribution in [0.4, 0.5) is 0 Å². The first-order valence-corrected chi connectivity index (χ1v) is 3.21. The highest BCUT2D eigenvalue weighted by atomic mass is 16.3. The van der Waals surface area contributed by atoms with Crippen LogP contribution >= 0.6 is 0 Å². The van der Waals surface area contributed by atoms with Gasteiger partial charge in [-0.2, -0.15) is 0 Å². The van der Waals surface area contributed by atoms with E-state index in [-0.39, 0.29) is 6.04 Å². The molecule has 0 aromatic carbocycles. The van der Waals surface area contributed by atoms with Crippen molar-refractivity contribution in [1.29, 1.82) is 0 Å². The van der Waals surface area contributed by atoms with E-state index in [0.717, 1.165) is 19.3 Å². The number of hydrogen-bond donors (Lipinski definition) is 2. The number of aliphatic hydroxyl groups is 1. The zero-order valence-corrected chi connectivity index (χ0v) is 4.80. The maximum Gasteiger partial charge on any atom is 0.0830 e. The van der Waals surface area contributed by atoms with Gasteiger partial charge in [0, 0.05) is 6.04 Å². The summed E-state index contributed by atoms with van der Waals surface area (Å²) in [4.78, 5) is 0. The maximum atomic E-state index is 9.41. The average Bonchev–Trinajstić information content (AvgIpc) is 2.31. The Morgan fingerprint density at radius 1 is 1.50 bits per heavy atom. The lowest BCUT2D eigenvalue weighted by molar-refractivity contribution is 0.124. The number of nitrogens with two attached hydrogens (primary N) is 1. The van der Waals surface area contributed by atoms with Crippen LogP contribution in [0.1, 0.15) is 19.3 Å². The van der Waals surface area contributed by atoms with Gasteiger partial charge in [-0.25, -0.2) is 0 Å². The van der Waals surface area contributed by atoms with Crippen molar-refractivity contribution in [3.05, 3.63) is 0 Å². The molecule has 3 atom stereocenters. The maximum absolute atomic E-state index is 9.41. The smallest absolute Gasteiger partial charge is 0.0830 e. The molecule has 2 fully saturated rings. The molecule has 3 N–H and O–H groups in total. The molecule has 0 aliphatic heterocycles. The molecule has 8 heavy (non-hydrogen) atoms. The molecule has 2 nitrogen and oxygen atoms in total. The zero-order valence-electron chi connectivity index (χ0n) is 4.80. The van der Waals surface area contributed by atoms with Crippen molar-refractivity contribution in [2.75, 3.05) is 0 Å². The molecule has 46 valence electrons. The van der Waals surface area contributed by atoms with E-state index in [2.05, 4.69) is 0 Å². The second kappa shape index (κ2) is 1.09. The fraction of sp³-hybridized carbons (Fsp3) is 1.00. The fourth-order valence-electron chi connectivity index (χ4n) is 1.77. The van der Waals surface area contributed by atoms with E-state index < -0.39 is 5.60 Å². The van der Waals surface area contributed by atoms with Gasteiger partial charge in [0.2, 0.25) is 0 Å². The third-order valence-electron chi connectivity index (χ3n) is 2.59. The van der Waals surface area contributed by atoms with Crippen LogP contribution in [0.3, 0.4) is 0 Å². The minimum absolute atomic E-state index is 0.0903. The molecule has 0 aromatic rings. The summed E-state index contributed by atoms with van der Waals surface area (Å²) < 4.78 is 0. The molecule has 0 spiro atoms. The highest BCUT2D eigenvalue weighted by Gasteiger charge is 2.60. The molecule has 2 rings (SSSR count). The van der Waals surface area contributed by atoms with Crippen molar-refractivity contribution in [3.63, 3.8) is 0 Å². The molecule has 2 heteroatoms. The Morgan fingerprint density at radius 2 is 2.25 bits per heavy atom. The van der Waals surface area contributed by atoms with Gasteiger partial charge in [0.25, 0.3) is 0 Å². The van der Waals surface area contributed by atoms with Crippen LogP contribution in [0.5, 0.6) is 0 Å². The lowest BCUT2D eigenvalue weighted by atomic mass is 10.1. The van der Waals surface area contributed by atoms with Crippen molar-refractivity contribution in [2.45, 2.75) is 30.9 Å².